The number of amides is 1. The molecule has 0 heterocycles. The van der Waals surface area contributed by atoms with E-state index >= 15 is 0 Å². The van der Waals surface area contributed by atoms with Crippen molar-refractivity contribution in [2.24, 2.45) is 5.92 Å². The zero-order valence-corrected chi connectivity index (χ0v) is 21.0. The molecule has 116 valence electrons. The number of nitrogens with one attached hydrogen (secondary N) is 1. The Bertz CT molecular complexity index is 443. The van der Waals surface area contributed by atoms with Gasteiger partial charge in [0.2, 0.25) is 0 Å². The number of carbonyl (C=O) groups is 3. The summed E-state index contributed by atoms with van der Waals surface area (Å²) < 4.78 is 6.57. The molecule has 6 nitrogen and oxygen atoms in total. The van der Waals surface area contributed by atoms with Crippen molar-refractivity contribution in [2.75, 3.05) is 6.61 Å². The molecule has 7 heteroatoms. The van der Waals surface area contributed by atoms with Gasteiger partial charge in [0.25, 0.3) is 0 Å². The van der Waals surface area contributed by atoms with Crippen LogP contribution in [0.25, 0.3) is 0 Å². The average Bonchev–Trinajstić information content (AvgIpc) is 2.43. The predicted octanol–water partition coefficient (Wildman–Crippen LogP) is -0.416. The van der Waals surface area contributed by atoms with E-state index in [1.54, 1.807) is 6.08 Å². The molecule has 0 saturated heterocycles. The molecule has 0 radical (unpaired) electrons. The summed E-state index contributed by atoms with van der Waals surface area (Å²) in [5.74, 6) is -2.59. The van der Waals surface area contributed by atoms with Crippen LogP contribution in [0.15, 0.2) is 12.2 Å². The van der Waals surface area contributed by atoms with Gasteiger partial charge in [0.15, 0.2) is 0 Å². The summed E-state index contributed by atoms with van der Waals surface area (Å²) in [5, 5.41) is 22.2. The number of aliphatic hydroxyl groups excluding tert-OH is 1. The molecule has 0 aromatic heterocycles. The van der Waals surface area contributed by atoms with E-state index in [4.69, 9.17) is 6.48 Å². The number of hydrogen-bond donors (Lipinski definition) is 3. The molecular weight excluding hydrogens is 488 g/mol. The molecule has 0 aliphatic heterocycles. The molecule has 1 amide bonds. The SMILES string of the molecule is [2H]CC/C=C/[C@H](C(=O)N[CH]([RaH])C(C)=O)[C@@](O)(CCO)C(C)=O. The van der Waals surface area contributed by atoms with Crippen LogP contribution in [0.2, 0.25) is 0 Å². The number of aliphatic hydroxyl groups is 2. The summed E-state index contributed by atoms with van der Waals surface area (Å²) >= 11 is -0.309. The Morgan fingerprint density at radius 1 is 1.43 bits per heavy atom. The third-order valence-electron chi connectivity index (χ3n) is 3.36. The first-order valence-corrected chi connectivity index (χ1v) is 11.6. The van der Waals surface area contributed by atoms with Crippen LogP contribution in [-0.4, -0.2) is 41.0 Å². The molecule has 0 aromatic rings. The van der Waals surface area contributed by atoms with Crippen LogP contribution in [-0.2, 0) is 14.4 Å². The van der Waals surface area contributed by atoms with E-state index in [0.29, 0.717) is 6.42 Å². The molecule has 0 fully saturated rings. The molecule has 21 heavy (non-hydrogen) atoms. The van der Waals surface area contributed by atoms with E-state index in [2.05, 4.69) is 5.32 Å². The maximum absolute atomic E-state index is 12.4. The minimum atomic E-state index is -2.02. The summed E-state index contributed by atoms with van der Waals surface area (Å²) in [6.07, 6.45) is 3.03. The first-order valence-electron chi connectivity index (χ1n) is 7.52. The second-order valence-corrected chi connectivity index (χ2v) is 9.74. The summed E-state index contributed by atoms with van der Waals surface area (Å²) in [5.41, 5.74) is -2.02. The van der Waals surface area contributed by atoms with Gasteiger partial charge in [-0.3, -0.25) is 0 Å². The monoisotopic (exact) mass is 512 g/mol. The fourth-order valence-electron chi connectivity index (χ4n) is 1.82. The van der Waals surface area contributed by atoms with Crippen LogP contribution in [0.4, 0.5) is 0 Å². The van der Waals surface area contributed by atoms with Crippen LogP contribution in [0.5, 0.6) is 0 Å². The number of ketones is 2. The maximum atomic E-state index is 12.4. The number of rotatable bonds is 9. The Hall–Kier alpha value is -0.0625. The van der Waals surface area contributed by atoms with Crippen LogP contribution in [0.1, 0.15) is 35.0 Å². The number of allylic oxidation sites excluding steroid dienone is 1. The molecule has 0 bridgehead atoms. The second-order valence-electron chi connectivity index (χ2n) is 4.99. The normalized spacial score (nSPS) is 17.6. The van der Waals surface area contributed by atoms with E-state index < -0.39 is 30.9 Å². The quantitative estimate of drug-likeness (QED) is 0.365. The van der Waals surface area contributed by atoms with Gasteiger partial charge in [0, 0.05) is 0 Å². The van der Waals surface area contributed by atoms with Gasteiger partial charge in [0.05, 0.1) is 0 Å². The van der Waals surface area contributed by atoms with Crippen LogP contribution in [0.3, 0.4) is 0 Å². The third-order valence-corrected chi connectivity index (χ3v) is 7.89. The van der Waals surface area contributed by atoms with Crippen molar-refractivity contribution < 1.29 is 68.8 Å². The minimum absolute atomic E-state index is 0.116. The van der Waals surface area contributed by atoms with E-state index in [1.165, 1.54) is 13.0 Å². The van der Waals surface area contributed by atoms with Crippen LogP contribution >= 0.6 is 0 Å². The van der Waals surface area contributed by atoms with Gasteiger partial charge in [-0.15, -0.1) is 0 Å². The summed E-state index contributed by atoms with van der Waals surface area (Å²) in [4.78, 5) is 35.5. The average molecular weight is 512 g/mol. The molecule has 0 rings (SSSR count). The molecular formula is C14H23NO5Ra. The first kappa shape index (κ1) is 19.0. The Balaban J connectivity index is 5.46. The van der Waals surface area contributed by atoms with Gasteiger partial charge in [-0.2, -0.15) is 0 Å². The second kappa shape index (κ2) is 9.85. The van der Waals surface area contributed by atoms with Crippen molar-refractivity contribution in [3.8, 4) is 0 Å². The molecule has 0 spiro atoms. The van der Waals surface area contributed by atoms with Crippen molar-refractivity contribution in [2.45, 2.75) is 40.3 Å². The molecule has 1 unspecified atom stereocenters. The third kappa shape index (κ3) is 6.29. The molecule has 0 aliphatic carbocycles. The standard InChI is InChI=1S/C14H22NO5.Ra.H/c1-4-5-6-12(13(19)15-9-10(2)17)14(20,7-8-16)11(3)18;;/h5-6,9,12,16,20H,4,7-8H2,1-3H3,(H,15,19);;/b6-5+;;/t12-,14-;;/m1../s1/i1D;;. The predicted molar refractivity (Wildman–Crippen MR) is 74.3 cm³/mol. The zero-order chi connectivity index (χ0) is 17.3. The van der Waals surface area contributed by atoms with Gasteiger partial charge in [-0.1, -0.05) is 0 Å². The fraction of sp³-hybridized carbons (Fsp3) is 0.643. The Labute approximate surface area is 155 Å². The summed E-state index contributed by atoms with van der Waals surface area (Å²) in [6.45, 7) is 2.20. The summed E-state index contributed by atoms with van der Waals surface area (Å²) in [6, 6.07) is 0. The topological polar surface area (TPSA) is 104 Å². The van der Waals surface area contributed by atoms with Gasteiger partial charge in [0.1, 0.15) is 0 Å². The van der Waals surface area contributed by atoms with Gasteiger partial charge < -0.3 is 0 Å². The van der Waals surface area contributed by atoms with Gasteiger partial charge >= 0.3 is 156 Å². The van der Waals surface area contributed by atoms with Gasteiger partial charge in [-0.25, -0.2) is 0 Å². The van der Waals surface area contributed by atoms with E-state index in [9.17, 15) is 19.5 Å². The summed E-state index contributed by atoms with van der Waals surface area (Å²) in [7, 11) is 0. The molecule has 0 saturated carbocycles. The number of carbonyl (C=O) groups excluding carboxylic acids is 3. The zero-order valence-electron chi connectivity index (χ0n) is 13.8. The number of hydrogen-bond acceptors (Lipinski definition) is 5. The van der Waals surface area contributed by atoms with Crippen LogP contribution in [0, 0.1) is 48.7 Å². The molecule has 3 N–H and O–H groups in total. The van der Waals surface area contributed by atoms with E-state index in [0.717, 1.165) is 6.92 Å². The molecule has 3 atom stereocenters. The number of Topliss-reactive ketones (excluding diaryl/α,β-unsaturated/α-hetero) is 2. The Kier molecular flexibility index (Phi) is 8.91. The Morgan fingerprint density at radius 2 is 2.05 bits per heavy atom. The Morgan fingerprint density at radius 3 is 2.48 bits per heavy atom. The van der Waals surface area contributed by atoms with Crippen molar-refractivity contribution in [1.29, 1.82) is 0 Å². The fourth-order valence-corrected chi connectivity index (χ4v) is 2.99. The molecule has 0 aliphatic rings. The molecule has 0 aromatic carbocycles. The van der Waals surface area contributed by atoms with Crippen molar-refractivity contribution >= 4 is 17.5 Å². The van der Waals surface area contributed by atoms with Crippen molar-refractivity contribution in [3.63, 3.8) is 0 Å². The van der Waals surface area contributed by atoms with Crippen LogP contribution < -0.4 is 5.32 Å². The van der Waals surface area contributed by atoms with Crippen molar-refractivity contribution in [1.82, 2.24) is 5.32 Å². The van der Waals surface area contributed by atoms with E-state index in [1.807, 2.05) is 0 Å². The van der Waals surface area contributed by atoms with Crippen molar-refractivity contribution in [3.05, 3.63) is 12.2 Å². The van der Waals surface area contributed by atoms with Gasteiger partial charge in [-0.05, 0) is 0 Å². The van der Waals surface area contributed by atoms with E-state index in [-0.39, 0.29) is 61.9 Å². The first-order chi connectivity index (χ1) is 10.2.